The fraction of sp³-hybridized carbons (Fsp3) is 0.600. The molecule has 1 aromatic heterocycles. The molecular formula is C10H16N4O9P2. The topological polar surface area (TPSA) is 211 Å². The minimum absolute atomic E-state index is 0.0286. The number of hydrogen-bond donors (Lipinski definition) is 5. The molecule has 1 aromatic rings. The zero-order chi connectivity index (χ0) is 19.1. The van der Waals surface area contributed by atoms with E-state index in [0.29, 0.717) is 0 Å². The Hall–Kier alpha value is -1.72. The lowest BCUT2D eigenvalue weighted by atomic mass is 10.1. The number of hydrogen-bond acceptors (Lipinski definition) is 11. The molecule has 25 heavy (non-hydrogen) atoms. The molecule has 2 rings (SSSR count). The van der Waals surface area contributed by atoms with Crippen molar-refractivity contribution in [3.8, 4) is 0 Å². The van der Waals surface area contributed by atoms with E-state index in [2.05, 4.69) is 4.98 Å². The van der Waals surface area contributed by atoms with Gasteiger partial charge in [-0.25, -0.2) is 23.1 Å². The van der Waals surface area contributed by atoms with Gasteiger partial charge in [-0.05, 0) is 6.07 Å². The summed E-state index contributed by atoms with van der Waals surface area (Å²) in [4.78, 5) is 16.2. The van der Waals surface area contributed by atoms with E-state index in [1.807, 2.05) is 0 Å². The molecule has 1 saturated heterocycles. The molecule has 13 nitrogen and oxygen atoms in total. The van der Waals surface area contributed by atoms with Gasteiger partial charge in [0.05, 0.1) is 13.2 Å². The Morgan fingerprint density at radius 2 is 1.76 bits per heavy atom. The highest BCUT2D eigenvalue weighted by atomic mass is 31.2. The van der Waals surface area contributed by atoms with E-state index < -0.39 is 52.4 Å². The van der Waals surface area contributed by atoms with Crippen LogP contribution < -0.4 is 16.3 Å². The van der Waals surface area contributed by atoms with Gasteiger partial charge in [0.15, 0.2) is 0 Å². The smallest absolute Gasteiger partial charge is 0.394 e. The normalized spacial score (nSPS) is 25.1. The maximum absolute atomic E-state index is 11.5. The van der Waals surface area contributed by atoms with E-state index in [4.69, 9.17) is 15.6 Å². The van der Waals surface area contributed by atoms with Crippen molar-refractivity contribution in [2.45, 2.75) is 31.0 Å². The molecule has 0 unspecified atom stereocenters. The predicted octanol–water partition coefficient (Wildman–Crippen LogP) is -1.94. The van der Waals surface area contributed by atoms with E-state index >= 15 is 0 Å². The molecule has 1 aliphatic heterocycles. The molecule has 4 atom stereocenters. The van der Waals surface area contributed by atoms with E-state index in [0.717, 1.165) is 0 Å². The number of nitrogen functional groups attached to an aromatic ring is 1. The van der Waals surface area contributed by atoms with Gasteiger partial charge in [0.2, 0.25) is 0 Å². The van der Waals surface area contributed by atoms with Gasteiger partial charge in [0.25, 0.3) is 0 Å². The molecule has 140 valence electrons. The van der Waals surface area contributed by atoms with Gasteiger partial charge in [-0.3, -0.25) is 4.57 Å². The van der Waals surface area contributed by atoms with Crippen LogP contribution in [0.2, 0.25) is 0 Å². The fourth-order valence-corrected chi connectivity index (χ4v) is 2.50. The molecule has 1 fully saturated rings. The summed E-state index contributed by atoms with van der Waals surface area (Å²) in [5, 5.41) is 28.2. The Morgan fingerprint density at radius 1 is 1.20 bits per heavy atom. The molecule has 0 aromatic carbocycles. The highest BCUT2D eigenvalue weighted by molar-refractivity contribution is 7.45. The van der Waals surface area contributed by atoms with E-state index in [1.54, 1.807) is 0 Å². The second kappa shape index (κ2) is 9.68. The van der Waals surface area contributed by atoms with E-state index in [9.17, 15) is 33.3 Å². The quantitative estimate of drug-likeness (QED) is 0.343. The van der Waals surface area contributed by atoms with Crippen LogP contribution in [0.4, 0.5) is 5.82 Å². The molecule has 0 bridgehead atoms. The van der Waals surface area contributed by atoms with Crippen LogP contribution >= 0.6 is 15.7 Å². The number of nitrogens with two attached hydrogens (primary N) is 1. The SMILES string of the molecule is Nc1ccn(C[C@@H]2O[C@H](CO)[C@@H](O)[C@H]2O)c(=O)n1.O=P(=O)NP(=O)=O. The molecule has 15 heteroatoms. The van der Waals surface area contributed by atoms with Crippen LogP contribution in [0.15, 0.2) is 17.1 Å². The highest BCUT2D eigenvalue weighted by Crippen LogP contribution is 2.21. The Labute approximate surface area is 141 Å². The number of aromatic nitrogens is 2. The van der Waals surface area contributed by atoms with Crippen LogP contribution in [-0.4, -0.2) is 55.9 Å². The molecule has 2 heterocycles. The third-order valence-corrected chi connectivity index (χ3v) is 4.38. The largest absolute Gasteiger partial charge is 0.408 e. The lowest BCUT2D eigenvalue weighted by molar-refractivity contribution is -0.0269. The summed E-state index contributed by atoms with van der Waals surface area (Å²) in [6.07, 6.45) is -2.52. The molecule has 0 saturated carbocycles. The Morgan fingerprint density at radius 3 is 2.16 bits per heavy atom. The number of rotatable bonds is 5. The van der Waals surface area contributed by atoms with Crippen molar-refractivity contribution < 1.29 is 38.3 Å². The monoisotopic (exact) mass is 398 g/mol. The van der Waals surface area contributed by atoms with Crippen molar-refractivity contribution in [3.05, 3.63) is 22.7 Å². The molecule has 1 aliphatic rings. The standard InChI is InChI=1S/C10H15N3O5.HNO4P2/c11-7-1-2-13(10(17)12-7)3-5-8(15)9(16)6(4-14)18-5;2-6(3)1-7(4)5/h1-2,5-6,8-9,14-16H,3-4H2,(H2,11,12,17);(H,1,2,3,4,5)/t5-,6+,8-,9+;/m0./s1. The van der Waals surface area contributed by atoms with Crippen LogP contribution in [0.25, 0.3) is 0 Å². The van der Waals surface area contributed by atoms with Crippen molar-refractivity contribution in [3.63, 3.8) is 0 Å². The fourth-order valence-electron chi connectivity index (χ4n) is 1.97. The first-order valence-electron chi connectivity index (χ1n) is 6.66. The molecule has 6 N–H and O–H groups in total. The maximum Gasteiger partial charge on any atom is 0.408 e. The predicted molar refractivity (Wildman–Crippen MR) is 80.4 cm³/mol. The first kappa shape index (κ1) is 21.3. The number of ether oxygens (including phenoxy) is 1. The van der Waals surface area contributed by atoms with Gasteiger partial charge in [-0.1, -0.05) is 4.86 Å². The van der Waals surface area contributed by atoms with Crippen molar-refractivity contribution in [2.75, 3.05) is 12.3 Å². The summed E-state index contributed by atoms with van der Waals surface area (Å²) < 4.78 is 43.9. The third kappa shape index (κ3) is 6.59. The Bertz CT molecular complexity index is 742. The minimum atomic E-state index is -2.99. The Balaban J connectivity index is 0.000000381. The van der Waals surface area contributed by atoms with Crippen molar-refractivity contribution in [1.82, 2.24) is 14.4 Å². The summed E-state index contributed by atoms with van der Waals surface area (Å²) >= 11 is 0. The van der Waals surface area contributed by atoms with Gasteiger partial charge < -0.3 is 25.8 Å². The van der Waals surface area contributed by atoms with Gasteiger partial charge in [0, 0.05) is 6.20 Å². The highest BCUT2D eigenvalue weighted by Gasteiger charge is 2.42. The number of nitrogens with one attached hydrogen (secondary N) is 1. The van der Waals surface area contributed by atoms with Crippen molar-refractivity contribution in [2.24, 2.45) is 0 Å². The van der Waals surface area contributed by atoms with E-state index in [-0.39, 0.29) is 12.4 Å². The third-order valence-electron chi connectivity index (χ3n) is 3.08. The molecular weight excluding hydrogens is 382 g/mol. The number of nitrogens with zero attached hydrogens (tertiary/aromatic N) is 2. The van der Waals surface area contributed by atoms with Crippen LogP contribution in [0.5, 0.6) is 0 Å². The summed E-state index contributed by atoms with van der Waals surface area (Å²) in [5.41, 5.74) is 4.79. The van der Waals surface area contributed by atoms with Gasteiger partial charge in [-0.2, -0.15) is 4.98 Å². The zero-order valence-electron chi connectivity index (χ0n) is 12.5. The average Bonchev–Trinajstić information content (AvgIpc) is 2.77. The van der Waals surface area contributed by atoms with Crippen LogP contribution in [0.3, 0.4) is 0 Å². The second-order valence-corrected chi connectivity index (χ2v) is 6.61. The van der Waals surface area contributed by atoms with Gasteiger partial charge >= 0.3 is 21.4 Å². The first-order chi connectivity index (χ1) is 11.6. The van der Waals surface area contributed by atoms with Crippen molar-refractivity contribution in [1.29, 1.82) is 0 Å². The molecule has 0 spiro atoms. The zero-order valence-corrected chi connectivity index (χ0v) is 14.3. The lowest BCUT2D eigenvalue weighted by Gasteiger charge is -2.15. The summed E-state index contributed by atoms with van der Waals surface area (Å²) in [7, 11) is -5.97. The average molecular weight is 398 g/mol. The lowest BCUT2D eigenvalue weighted by Crippen LogP contribution is -2.37. The number of anilines is 1. The summed E-state index contributed by atoms with van der Waals surface area (Å²) in [5.74, 6) is 0.109. The van der Waals surface area contributed by atoms with E-state index in [1.165, 1.54) is 21.7 Å². The minimum Gasteiger partial charge on any atom is -0.394 e. The number of aliphatic hydroxyl groups is 3. The van der Waals surface area contributed by atoms with Crippen LogP contribution in [0, 0.1) is 0 Å². The van der Waals surface area contributed by atoms with Gasteiger partial charge in [-0.15, -0.1) is 0 Å². The maximum atomic E-state index is 11.5. The van der Waals surface area contributed by atoms with Gasteiger partial charge in [0.1, 0.15) is 30.2 Å². The molecule has 0 aliphatic carbocycles. The summed E-state index contributed by atoms with van der Waals surface area (Å²) in [6, 6.07) is 1.45. The Kier molecular flexibility index (Phi) is 8.26. The number of aliphatic hydroxyl groups excluding tert-OH is 3. The second-order valence-electron chi connectivity index (χ2n) is 4.78. The van der Waals surface area contributed by atoms with Crippen LogP contribution in [0.1, 0.15) is 0 Å². The first-order valence-corrected chi connectivity index (χ1v) is 9.01. The van der Waals surface area contributed by atoms with Crippen molar-refractivity contribution >= 4 is 21.5 Å². The molecule has 0 radical (unpaired) electrons. The molecule has 0 amide bonds. The summed E-state index contributed by atoms with van der Waals surface area (Å²) in [6.45, 7) is -0.371. The van der Waals surface area contributed by atoms with Crippen LogP contribution in [-0.2, 0) is 29.5 Å².